The second-order valence-corrected chi connectivity index (χ2v) is 5.85. The summed E-state index contributed by atoms with van der Waals surface area (Å²) in [5, 5.41) is 23.7. The number of benzene rings is 2. The van der Waals surface area contributed by atoms with Crippen LogP contribution in [-0.4, -0.2) is 21.6 Å². The lowest BCUT2D eigenvalue weighted by Crippen LogP contribution is -2.17. The van der Waals surface area contributed by atoms with Crippen LogP contribution in [0.25, 0.3) is 0 Å². The summed E-state index contributed by atoms with van der Waals surface area (Å²) in [4.78, 5) is 15.3. The predicted octanol–water partition coefficient (Wildman–Crippen LogP) is 3.41. The highest BCUT2D eigenvalue weighted by Gasteiger charge is 2.23. The van der Waals surface area contributed by atoms with Gasteiger partial charge in [-0.3, -0.25) is 10.1 Å². The molecule has 0 aliphatic heterocycles. The zero-order valence-corrected chi connectivity index (χ0v) is 14.8. The molecule has 136 valence electrons. The molecule has 1 aromatic heterocycles. The van der Waals surface area contributed by atoms with Gasteiger partial charge in [-0.05, 0) is 29.8 Å². The number of nitro benzene ring substituents is 1. The van der Waals surface area contributed by atoms with Gasteiger partial charge in [-0.25, -0.2) is 4.98 Å². The molecule has 1 atom stereocenters. The number of anilines is 1. The van der Waals surface area contributed by atoms with E-state index >= 15 is 0 Å². The molecule has 0 radical (unpaired) electrons. The first-order chi connectivity index (χ1) is 13.0. The van der Waals surface area contributed by atoms with Crippen LogP contribution >= 0.6 is 0 Å². The molecule has 1 unspecified atom stereocenters. The van der Waals surface area contributed by atoms with Gasteiger partial charge in [0.2, 0.25) is 0 Å². The maximum atomic E-state index is 11.5. The first-order valence-corrected chi connectivity index (χ1v) is 8.09. The summed E-state index contributed by atoms with van der Waals surface area (Å²) in [5.41, 5.74) is 1.23. The first-order valence-electron chi connectivity index (χ1n) is 8.09. The van der Waals surface area contributed by atoms with Crippen molar-refractivity contribution in [2.45, 2.75) is 6.04 Å². The minimum Gasteiger partial charge on any atom is -0.497 e. The summed E-state index contributed by atoms with van der Waals surface area (Å²) >= 11 is 0. The third-order valence-electron chi connectivity index (χ3n) is 4.19. The lowest BCUT2D eigenvalue weighted by molar-refractivity contribution is -0.384. The Morgan fingerprint density at radius 1 is 1.30 bits per heavy atom. The molecule has 0 fully saturated rings. The van der Waals surface area contributed by atoms with Crippen LogP contribution in [0.3, 0.4) is 0 Å². The Balaban J connectivity index is 2.06. The highest BCUT2D eigenvalue weighted by Crippen LogP contribution is 2.32. The Bertz CT molecular complexity index is 1000. The Kier molecular flexibility index (Phi) is 5.04. The van der Waals surface area contributed by atoms with E-state index in [9.17, 15) is 10.1 Å². The highest BCUT2D eigenvalue weighted by molar-refractivity contribution is 5.65. The van der Waals surface area contributed by atoms with Crippen molar-refractivity contribution in [3.05, 3.63) is 81.9 Å². The van der Waals surface area contributed by atoms with Crippen molar-refractivity contribution in [3.63, 3.8) is 0 Å². The van der Waals surface area contributed by atoms with E-state index in [1.165, 1.54) is 12.1 Å². The number of imidazole rings is 1. The van der Waals surface area contributed by atoms with Crippen molar-refractivity contribution >= 4 is 11.4 Å². The van der Waals surface area contributed by atoms with Crippen molar-refractivity contribution in [1.29, 1.82) is 5.26 Å². The lowest BCUT2D eigenvalue weighted by Gasteiger charge is -2.20. The van der Waals surface area contributed by atoms with Crippen molar-refractivity contribution in [1.82, 2.24) is 9.55 Å². The Labute approximate surface area is 155 Å². The van der Waals surface area contributed by atoms with Gasteiger partial charge in [0, 0.05) is 25.5 Å². The van der Waals surface area contributed by atoms with Gasteiger partial charge in [0.15, 0.2) is 0 Å². The van der Waals surface area contributed by atoms with E-state index in [-0.39, 0.29) is 11.3 Å². The number of aryl methyl sites for hydroxylation is 1. The van der Waals surface area contributed by atoms with Gasteiger partial charge in [0.05, 0.1) is 23.7 Å². The van der Waals surface area contributed by atoms with Crippen molar-refractivity contribution < 1.29 is 9.66 Å². The topological polar surface area (TPSA) is 106 Å². The van der Waals surface area contributed by atoms with Gasteiger partial charge < -0.3 is 14.6 Å². The van der Waals surface area contributed by atoms with E-state index in [1.807, 2.05) is 41.9 Å². The summed E-state index contributed by atoms with van der Waals surface area (Å²) in [6.45, 7) is 0. The number of aromatic nitrogens is 2. The molecule has 0 saturated heterocycles. The Morgan fingerprint density at radius 2 is 2.04 bits per heavy atom. The van der Waals surface area contributed by atoms with Crippen LogP contribution in [0.2, 0.25) is 0 Å². The van der Waals surface area contributed by atoms with Crippen molar-refractivity contribution in [2.75, 3.05) is 12.4 Å². The van der Waals surface area contributed by atoms with Crippen LogP contribution in [0.15, 0.2) is 54.9 Å². The van der Waals surface area contributed by atoms with Crippen LogP contribution in [0.4, 0.5) is 11.4 Å². The number of nitrogens with one attached hydrogen (secondary N) is 1. The number of ether oxygens (including phenoxy) is 1. The maximum Gasteiger partial charge on any atom is 0.293 e. The van der Waals surface area contributed by atoms with E-state index in [0.717, 1.165) is 5.56 Å². The number of nitriles is 1. The molecule has 1 N–H and O–H groups in total. The second kappa shape index (κ2) is 7.58. The van der Waals surface area contributed by atoms with Gasteiger partial charge in [-0.15, -0.1) is 0 Å². The van der Waals surface area contributed by atoms with Crippen LogP contribution in [0.1, 0.15) is 23.0 Å². The molecule has 0 amide bonds. The largest absolute Gasteiger partial charge is 0.497 e. The minimum atomic E-state index is -0.507. The zero-order valence-electron chi connectivity index (χ0n) is 14.8. The molecule has 0 aliphatic rings. The molecule has 0 aliphatic carbocycles. The van der Waals surface area contributed by atoms with E-state index < -0.39 is 11.0 Å². The smallest absolute Gasteiger partial charge is 0.293 e. The van der Waals surface area contributed by atoms with Crippen LogP contribution < -0.4 is 10.1 Å². The Hall–Kier alpha value is -3.86. The number of methoxy groups -OCH3 is 1. The molecule has 1 heterocycles. The fourth-order valence-electron chi connectivity index (χ4n) is 2.78. The molecule has 0 spiro atoms. The monoisotopic (exact) mass is 363 g/mol. The van der Waals surface area contributed by atoms with Crippen LogP contribution in [0.5, 0.6) is 5.75 Å². The molecule has 0 saturated carbocycles. The van der Waals surface area contributed by atoms with Gasteiger partial charge >= 0.3 is 0 Å². The van der Waals surface area contributed by atoms with E-state index in [0.29, 0.717) is 17.3 Å². The van der Waals surface area contributed by atoms with Gasteiger partial charge in [-0.1, -0.05) is 12.1 Å². The quantitative estimate of drug-likeness (QED) is 0.531. The Morgan fingerprint density at radius 3 is 2.59 bits per heavy atom. The SMILES string of the molecule is COc1ccc(C(Nc2ccc(C#N)cc2[N+](=O)[O-])c2nccn2C)cc1. The number of nitrogens with zero attached hydrogens (tertiary/aromatic N) is 4. The minimum absolute atomic E-state index is 0.165. The zero-order chi connectivity index (χ0) is 19.4. The number of hydrogen-bond acceptors (Lipinski definition) is 6. The summed E-state index contributed by atoms with van der Waals surface area (Å²) < 4.78 is 7.04. The third kappa shape index (κ3) is 3.72. The van der Waals surface area contributed by atoms with Crippen molar-refractivity contribution in [3.8, 4) is 11.8 Å². The van der Waals surface area contributed by atoms with Gasteiger partial charge in [0.25, 0.3) is 5.69 Å². The van der Waals surface area contributed by atoms with Gasteiger partial charge in [-0.2, -0.15) is 5.26 Å². The summed E-state index contributed by atoms with van der Waals surface area (Å²) in [5.74, 6) is 1.40. The van der Waals surface area contributed by atoms with E-state index in [4.69, 9.17) is 10.00 Å². The molecule has 3 aromatic rings. The van der Waals surface area contributed by atoms with E-state index in [1.54, 1.807) is 25.6 Å². The average Bonchev–Trinajstić information content (AvgIpc) is 3.11. The number of hydrogen-bond donors (Lipinski definition) is 1. The standard InChI is InChI=1S/C19H17N5O3/c1-23-10-9-21-19(23)18(14-4-6-15(27-2)7-5-14)22-16-8-3-13(12-20)11-17(16)24(25)26/h3-11,18,22H,1-2H3. The number of nitro groups is 1. The molecule has 8 nitrogen and oxygen atoms in total. The summed E-state index contributed by atoms with van der Waals surface area (Å²) in [6, 6.07) is 13.2. The van der Waals surface area contributed by atoms with E-state index in [2.05, 4.69) is 10.3 Å². The number of rotatable bonds is 6. The molecular formula is C19H17N5O3. The van der Waals surface area contributed by atoms with Gasteiger partial charge in [0.1, 0.15) is 23.3 Å². The molecule has 0 bridgehead atoms. The third-order valence-corrected chi connectivity index (χ3v) is 4.19. The molecule has 3 rings (SSSR count). The predicted molar refractivity (Wildman–Crippen MR) is 99.5 cm³/mol. The fourth-order valence-corrected chi connectivity index (χ4v) is 2.78. The van der Waals surface area contributed by atoms with Crippen LogP contribution in [-0.2, 0) is 7.05 Å². The normalized spacial score (nSPS) is 11.4. The average molecular weight is 363 g/mol. The second-order valence-electron chi connectivity index (χ2n) is 5.85. The highest BCUT2D eigenvalue weighted by atomic mass is 16.6. The van der Waals surface area contributed by atoms with Crippen molar-refractivity contribution in [2.24, 2.45) is 7.05 Å². The lowest BCUT2D eigenvalue weighted by atomic mass is 10.0. The maximum absolute atomic E-state index is 11.5. The molecule has 2 aromatic carbocycles. The summed E-state index contributed by atoms with van der Waals surface area (Å²) in [6.07, 6.45) is 3.47. The van der Waals surface area contributed by atoms with Crippen LogP contribution in [0, 0.1) is 21.4 Å². The molecular weight excluding hydrogens is 346 g/mol. The summed E-state index contributed by atoms with van der Waals surface area (Å²) in [7, 11) is 3.44. The fraction of sp³-hybridized carbons (Fsp3) is 0.158. The first kappa shape index (κ1) is 17.9. The molecule has 27 heavy (non-hydrogen) atoms. The molecule has 8 heteroatoms.